The van der Waals surface area contributed by atoms with E-state index in [4.69, 9.17) is 10.2 Å². The van der Waals surface area contributed by atoms with Crippen LogP contribution in [0.5, 0.6) is 5.75 Å². The topological polar surface area (TPSA) is 140 Å². The molecule has 0 fully saturated rings. The molecule has 0 radical (unpaired) electrons. The molecule has 1 aromatic heterocycles. The van der Waals surface area contributed by atoms with E-state index in [1.165, 1.54) is 18.3 Å². The van der Waals surface area contributed by atoms with Crippen molar-refractivity contribution in [2.24, 2.45) is 0 Å². The van der Waals surface area contributed by atoms with Crippen molar-refractivity contribution in [3.05, 3.63) is 24.0 Å². The van der Waals surface area contributed by atoms with Gasteiger partial charge in [0.15, 0.2) is 5.69 Å². The standard InChI is InChI=1S/C6H5NO3.2H3N/c8-4-2-1-3-7-5(4)6(9)10;;/h1-3,8H,(H,9,10);2*1H3. The maximum Gasteiger partial charge on any atom is 0.358 e. The van der Waals surface area contributed by atoms with Crippen LogP contribution in [0.2, 0.25) is 0 Å². The van der Waals surface area contributed by atoms with Gasteiger partial charge in [0, 0.05) is 6.20 Å². The summed E-state index contributed by atoms with van der Waals surface area (Å²) in [6.07, 6.45) is 1.31. The summed E-state index contributed by atoms with van der Waals surface area (Å²) in [6, 6.07) is 2.73. The molecule has 12 heavy (non-hydrogen) atoms. The van der Waals surface area contributed by atoms with Gasteiger partial charge in [0.05, 0.1) is 0 Å². The summed E-state index contributed by atoms with van der Waals surface area (Å²) in [5.74, 6) is -1.53. The molecule has 0 aliphatic rings. The maximum absolute atomic E-state index is 10.2. The normalized spacial score (nSPS) is 7.67. The van der Waals surface area contributed by atoms with Crippen LogP contribution in [0.25, 0.3) is 0 Å². The van der Waals surface area contributed by atoms with Crippen molar-refractivity contribution < 1.29 is 15.0 Å². The van der Waals surface area contributed by atoms with Crippen LogP contribution in [-0.4, -0.2) is 21.2 Å². The van der Waals surface area contributed by atoms with Crippen LogP contribution in [-0.2, 0) is 0 Å². The Bertz CT molecular complexity index is 264. The minimum atomic E-state index is -1.22. The fraction of sp³-hybridized carbons (Fsp3) is 0. The average Bonchev–Trinajstić information content (AvgIpc) is 1.88. The summed E-state index contributed by atoms with van der Waals surface area (Å²) in [6.45, 7) is 0. The molecule has 6 nitrogen and oxygen atoms in total. The predicted molar refractivity (Wildman–Crippen MR) is 42.9 cm³/mol. The van der Waals surface area contributed by atoms with Crippen molar-refractivity contribution in [2.45, 2.75) is 0 Å². The first-order valence-electron chi connectivity index (χ1n) is 2.59. The number of aromatic carboxylic acids is 1. The van der Waals surface area contributed by atoms with Crippen LogP contribution in [0.4, 0.5) is 0 Å². The highest BCUT2D eigenvalue weighted by atomic mass is 16.4. The second-order valence-electron chi connectivity index (χ2n) is 1.68. The van der Waals surface area contributed by atoms with Crippen molar-refractivity contribution in [1.29, 1.82) is 0 Å². The number of pyridine rings is 1. The van der Waals surface area contributed by atoms with E-state index in [-0.39, 0.29) is 23.7 Å². The first-order valence-corrected chi connectivity index (χ1v) is 2.59. The van der Waals surface area contributed by atoms with E-state index in [9.17, 15) is 4.79 Å². The lowest BCUT2D eigenvalue weighted by Gasteiger charge is -1.93. The molecule has 0 unspecified atom stereocenters. The molecule has 0 aliphatic heterocycles. The zero-order valence-electron chi connectivity index (χ0n) is 6.40. The van der Waals surface area contributed by atoms with Gasteiger partial charge in [-0.25, -0.2) is 9.78 Å². The quantitative estimate of drug-likeness (QED) is 0.495. The Morgan fingerprint density at radius 2 is 2.00 bits per heavy atom. The summed E-state index contributed by atoms with van der Waals surface area (Å²) in [5.41, 5.74) is -0.317. The fourth-order valence-electron chi connectivity index (χ4n) is 0.562. The molecule has 1 aromatic rings. The smallest absolute Gasteiger partial charge is 0.358 e. The number of nitrogens with zero attached hydrogens (tertiary/aromatic N) is 1. The van der Waals surface area contributed by atoms with Crippen molar-refractivity contribution in [2.75, 3.05) is 0 Å². The lowest BCUT2D eigenvalue weighted by molar-refractivity contribution is 0.0687. The molecule has 0 bridgehead atoms. The first-order chi connectivity index (χ1) is 4.72. The fourth-order valence-corrected chi connectivity index (χ4v) is 0.562. The molecule has 0 aliphatic carbocycles. The minimum absolute atomic E-state index is 0. The van der Waals surface area contributed by atoms with Gasteiger partial charge in [-0.1, -0.05) is 0 Å². The van der Waals surface area contributed by atoms with Crippen LogP contribution in [0.1, 0.15) is 10.5 Å². The summed E-state index contributed by atoms with van der Waals surface area (Å²) in [5, 5.41) is 17.2. The highest BCUT2D eigenvalue weighted by Gasteiger charge is 2.08. The Balaban J connectivity index is 0. The Morgan fingerprint density at radius 1 is 1.42 bits per heavy atom. The number of carbonyl (C=O) groups is 1. The number of carboxylic acids is 1. The Labute approximate surface area is 69.0 Å². The van der Waals surface area contributed by atoms with Gasteiger partial charge >= 0.3 is 5.97 Å². The molecule has 0 saturated heterocycles. The third-order valence-electron chi connectivity index (χ3n) is 0.989. The number of hydrogen-bond acceptors (Lipinski definition) is 5. The molecular weight excluding hydrogens is 162 g/mol. The summed E-state index contributed by atoms with van der Waals surface area (Å²) in [7, 11) is 0. The van der Waals surface area contributed by atoms with Crippen LogP contribution < -0.4 is 12.3 Å². The van der Waals surface area contributed by atoms with Crippen LogP contribution >= 0.6 is 0 Å². The molecule has 6 heteroatoms. The highest BCUT2D eigenvalue weighted by molar-refractivity contribution is 5.88. The Morgan fingerprint density at radius 3 is 2.33 bits per heavy atom. The van der Waals surface area contributed by atoms with Crippen LogP contribution in [0, 0.1) is 0 Å². The first kappa shape index (κ1) is 13.0. The largest absolute Gasteiger partial charge is 0.505 e. The number of rotatable bonds is 1. The molecule has 0 aromatic carbocycles. The second kappa shape index (κ2) is 5.05. The molecule has 68 valence electrons. The van der Waals surface area contributed by atoms with Gasteiger partial charge in [-0.2, -0.15) is 0 Å². The summed E-state index contributed by atoms with van der Waals surface area (Å²) < 4.78 is 0. The zero-order valence-corrected chi connectivity index (χ0v) is 6.40. The summed E-state index contributed by atoms with van der Waals surface area (Å²) >= 11 is 0. The third-order valence-corrected chi connectivity index (χ3v) is 0.989. The maximum atomic E-state index is 10.2. The van der Waals surface area contributed by atoms with Crippen LogP contribution in [0.15, 0.2) is 18.3 Å². The van der Waals surface area contributed by atoms with E-state index < -0.39 is 5.97 Å². The number of hydrogen-bond donors (Lipinski definition) is 4. The second-order valence-corrected chi connectivity index (χ2v) is 1.68. The van der Waals surface area contributed by atoms with E-state index in [0.29, 0.717) is 0 Å². The van der Waals surface area contributed by atoms with Crippen molar-refractivity contribution in [3.8, 4) is 5.75 Å². The highest BCUT2D eigenvalue weighted by Crippen LogP contribution is 2.11. The van der Waals surface area contributed by atoms with Gasteiger partial charge in [-0.05, 0) is 12.1 Å². The van der Waals surface area contributed by atoms with E-state index in [2.05, 4.69) is 4.98 Å². The molecule has 0 atom stereocenters. The Kier molecular flexibility index (Phi) is 5.46. The van der Waals surface area contributed by atoms with Crippen LogP contribution in [0.3, 0.4) is 0 Å². The van der Waals surface area contributed by atoms with Gasteiger partial charge < -0.3 is 22.5 Å². The molecule has 1 heterocycles. The molecule has 0 spiro atoms. The van der Waals surface area contributed by atoms with E-state index in [1.54, 1.807) is 0 Å². The number of carboxylic acid groups (broad SMARTS) is 1. The summed E-state index contributed by atoms with van der Waals surface area (Å²) in [4.78, 5) is 13.6. The third kappa shape index (κ3) is 2.52. The minimum Gasteiger partial charge on any atom is -0.505 e. The molecule has 0 saturated carbocycles. The lowest BCUT2D eigenvalue weighted by atomic mass is 10.3. The van der Waals surface area contributed by atoms with Crippen molar-refractivity contribution in [1.82, 2.24) is 17.3 Å². The Hall–Kier alpha value is -1.66. The zero-order chi connectivity index (χ0) is 7.56. The van der Waals surface area contributed by atoms with Gasteiger partial charge in [0.1, 0.15) is 5.75 Å². The van der Waals surface area contributed by atoms with Gasteiger partial charge in [0.2, 0.25) is 0 Å². The van der Waals surface area contributed by atoms with E-state index in [1.807, 2.05) is 0 Å². The predicted octanol–water partition coefficient (Wildman–Crippen LogP) is 0.809. The van der Waals surface area contributed by atoms with E-state index in [0.717, 1.165) is 0 Å². The molecule has 8 N–H and O–H groups in total. The number of aromatic hydroxyl groups is 1. The van der Waals surface area contributed by atoms with Gasteiger partial charge in [-0.15, -0.1) is 0 Å². The monoisotopic (exact) mass is 173 g/mol. The van der Waals surface area contributed by atoms with Crippen molar-refractivity contribution in [3.63, 3.8) is 0 Å². The van der Waals surface area contributed by atoms with E-state index >= 15 is 0 Å². The van der Waals surface area contributed by atoms with Gasteiger partial charge in [0.25, 0.3) is 0 Å². The SMILES string of the molecule is N.N.O=C(O)c1ncccc1O. The average molecular weight is 173 g/mol. The lowest BCUT2D eigenvalue weighted by Crippen LogP contribution is -1.99. The molecule has 0 amide bonds. The number of aromatic nitrogens is 1. The molecule has 1 rings (SSSR count). The molecular formula is C6H11N3O3. The van der Waals surface area contributed by atoms with Gasteiger partial charge in [-0.3, -0.25) is 0 Å². The van der Waals surface area contributed by atoms with Crippen molar-refractivity contribution >= 4 is 5.97 Å².